The van der Waals surface area contributed by atoms with E-state index in [1.54, 1.807) is 17.0 Å². The monoisotopic (exact) mass is 290 g/mol. The Morgan fingerprint density at radius 1 is 1.38 bits per heavy atom. The van der Waals surface area contributed by atoms with Crippen molar-refractivity contribution >= 4 is 23.0 Å². The van der Waals surface area contributed by atoms with Gasteiger partial charge in [-0.2, -0.15) is 0 Å². The fourth-order valence-corrected chi connectivity index (χ4v) is 2.32. The highest BCUT2D eigenvalue weighted by molar-refractivity contribution is 5.92. The summed E-state index contributed by atoms with van der Waals surface area (Å²) in [6, 6.07) is 4.21. The summed E-state index contributed by atoms with van der Waals surface area (Å²) in [6.45, 7) is 4.05. The molecule has 2 aromatic rings. The lowest BCUT2D eigenvalue weighted by atomic mass is 10.0. The van der Waals surface area contributed by atoms with Crippen LogP contribution < -0.4 is 0 Å². The minimum atomic E-state index is -1.00. The molecule has 0 amide bonds. The van der Waals surface area contributed by atoms with Gasteiger partial charge in [-0.1, -0.05) is 13.8 Å². The Balaban J connectivity index is 2.48. The number of fused-ring (bicyclic) bond motifs is 1. The number of imidazole rings is 1. The first kappa shape index (κ1) is 15.0. The van der Waals surface area contributed by atoms with Crippen LogP contribution >= 0.6 is 0 Å². The van der Waals surface area contributed by atoms with E-state index in [0.717, 1.165) is 5.52 Å². The number of hydrogen-bond acceptors (Lipinski definition) is 4. The molecule has 6 heteroatoms. The van der Waals surface area contributed by atoms with Crippen molar-refractivity contribution in [3.63, 3.8) is 0 Å². The fourth-order valence-electron chi connectivity index (χ4n) is 2.32. The van der Waals surface area contributed by atoms with Crippen molar-refractivity contribution in [1.82, 2.24) is 9.55 Å². The molecule has 0 aliphatic carbocycles. The van der Waals surface area contributed by atoms with Crippen molar-refractivity contribution in [2.75, 3.05) is 7.11 Å². The van der Waals surface area contributed by atoms with Gasteiger partial charge in [0.1, 0.15) is 6.04 Å². The molecule has 1 atom stereocenters. The van der Waals surface area contributed by atoms with E-state index in [2.05, 4.69) is 4.98 Å². The quantitative estimate of drug-likeness (QED) is 0.856. The van der Waals surface area contributed by atoms with E-state index in [0.29, 0.717) is 17.9 Å². The summed E-state index contributed by atoms with van der Waals surface area (Å²) < 4.78 is 6.61. The number of esters is 1. The molecule has 6 nitrogen and oxygen atoms in total. The number of carbonyl (C=O) groups is 2. The number of ether oxygens (including phenoxy) is 1. The topological polar surface area (TPSA) is 81.4 Å². The maximum atomic E-state index is 12.0. The van der Waals surface area contributed by atoms with Crippen LogP contribution in [0.3, 0.4) is 0 Å². The summed E-state index contributed by atoms with van der Waals surface area (Å²) in [4.78, 5) is 27.2. The predicted octanol–water partition coefficient (Wildman–Crippen LogP) is 2.49. The van der Waals surface area contributed by atoms with Crippen LogP contribution in [0.5, 0.6) is 0 Å². The molecule has 1 N–H and O–H groups in total. The summed E-state index contributed by atoms with van der Waals surface area (Å²) in [5, 5.41) is 9.00. The van der Waals surface area contributed by atoms with Gasteiger partial charge in [-0.25, -0.2) is 14.6 Å². The summed E-state index contributed by atoms with van der Waals surface area (Å²) in [5.41, 5.74) is 1.44. The van der Waals surface area contributed by atoms with Gasteiger partial charge in [0, 0.05) is 0 Å². The zero-order valence-electron chi connectivity index (χ0n) is 12.2. The van der Waals surface area contributed by atoms with E-state index >= 15 is 0 Å². The third-order valence-electron chi connectivity index (χ3n) is 3.33. The summed E-state index contributed by atoms with van der Waals surface area (Å²) in [6.07, 6.45) is 2.18. The van der Waals surface area contributed by atoms with Crippen LogP contribution in [-0.2, 0) is 9.53 Å². The molecule has 0 spiro atoms. The smallest absolute Gasteiger partial charge is 0.335 e. The minimum absolute atomic E-state index is 0.172. The molecule has 0 aliphatic heterocycles. The Bertz CT molecular complexity index is 675. The molecular formula is C15H18N2O4. The van der Waals surface area contributed by atoms with E-state index in [1.165, 1.54) is 19.2 Å². The number of methoxy groups -OCH3 is 1. The molecular weight excluding hydrogens is 272 g/mol. The van der Waals surface area contributed by atoms with Crippen molar-refractivity contribution in [1.29, 1.82) is 0 Å². The number of benzene rings is 1. The van der Waals surface area contributed by atoms with Crippen LogP contribution in [0, 0.1) is 5.92 Å². The van der Waals surface area contributed by atoms with Crippen LogP contribution in [0.4, 0.5) is 0 Å². The third kappa shape index (κ3) is 3.04. The van der Waals surface area contributed by atoms with Gasteiger partial charge in [-0.15, -0.1) is 0 Å². The van der Waals surface area contributed by atoms with Gasteiger partial charge in [-0.05, 0) is 30.5 Å². The number of nitrogens with zero attached hydrogens (tertiary/aromatic N) is 2. The van der Waals surface area contributed by atoms with Crippen LogP contribution in [0.1, 0.15) is 36.7 Å². The Labute approximate surface area is 122 Å². The third-order valence-corrected chi connectivity index (χ3v) is 3.33. The van der Waals surface area contributed by atoms with Gasteiger partial charge >= 0.3 is 11.9 Å². The summed E-state index contributed by atoms with van der Waals surface area (Å²) >= 11 is 0. The summed E-state index contributed by atoms with van der Waals surface area (Å²) in [7, 11) is 1.36. The number of carboxylic acids is 1. The van der Waals surface area contributed by atoms with Crippen molar-refractivity contribution in [3.8, 4) is 0 Å². The van der Waals surface area contributed by atoms with E-state index in [9.17, 15) is 9.59 Å². The maximum Gasteiger partial charge on any atom is 0.335 e. The number of hydrogen-bond donors (Lipinski definition) is 1. The molecule has 21 heavy (non-hydrogen) atoms. The molecule has 0 bridgehead atoms. The molecule has 0 radical (unpaired) electrons. The van der Waals surface area contributed by atoms with Crippen molar-refractivity contribution in [3.05, 3.63) is 30.1 Å². The predicted molar refractivity (Wildman–Crippen MR) is 77.2 cm³/mol. The van der Waals surface area contributed by atoms with Crippen LogP contribution in [-0.4, -0.2) is 33.7 Å². The average Bonchev–Trinajstić information content (AvgIpc) is 2.86. The maximum absolute atomic E-state index is 12.0. The SMILES string of the molecule is COC(=O)C(CC(C)C)n1cnc2cc(C(=O)O)ccc21. The highest BCUT2D eigenvalue weighted by atomic mass is 16.5. The Morgan fingerprint density at radius 3 is 2.67 bits per heavy atom. The molecule has 1 heterocycles. The van der Waals surface area contributed by atoms with E-state index in [1.807, 2.05) is 13.8 Å². The standard InChI is InChI=1S/C15H18N2O4/c1-9(2)6-13(15(20)21-3)17-8-16-11-7-10(14(18)19)4-5-12(11)17/h4-5,7-9,13H,6H2,1-3H3,(H,18,19). The van der Waals surface area contributed by atoms with Gasteiger partial charge in [-0.3, -0.25) is 0 Å². The van der Waals surface area contributed by atoms with Crippen molar-refractivity contribution < 1.29 is 19.4 Å². The molecule has 0 aliphatic rings. The van der Waals surface area contributed by atoms with Gasteiger partial charge in [0.15, 0.2) is 0 Å². The second-order valence-electron chi connectivity index (χ2n) is 5.33. The second-order valence-corrected chi connectivity index (χ2v) is 5.33. The molecule has 2 rings (SSSR count). The van der Waals surface area contributed by atoms with Gasteiger partial charge < -0.3 is 14.4 Å². The lowest BCUT2D eigenvalue weighted by Crippen LogP contribution is -2.22. The molecule has 1 aromatic carbocycles. The first-order valence-corrected chi connectivity index (χ1v) is 6.71. The van der Waals surface area contributed by atoms with Crippen LogP contribution in [0.2, 0.25) is 0 Å². The number of carbonyl (C=O) groups excluding carboxylic acids is 1. The first-order chi connectivity index (χ1) is 9.93. The minimum Gasteiger partial charge on any atom is -0.478 e. The van der Waals surface area contributed by atoms with Gasteiger partial charge in [0.2, 0.25) is 0 Å². The number of rotatable bonds is 5. The van der Waals surface area contributed by atoms with Crippen molar-refractivity contribution in [2.45, 2.75) is 26.3 Å². The largest absolute Gasteiger partial charge is 0.478 e. The van der Waals surface area contributed by atoms with E-state index < -0.39 is 12.0 Å². The molecule has 0 saturated heterocycles. The Morgan fingerprint density at radius 2 is 2.10 bits per heavy atom. The van der Waals surface area contributed by atoms with Crippen LogP contribution in [0.25, 0.3) is 11.0 Å². The molecule has 1 aromatic heterocycles. The van der Waals surface area contributed by atoms with Crippen molar-refractivity contribution in [2.24, 2.45) is 5.92 Å². The number of carboxylic acid groups (broad SMARTS) is 1. The molecule has 0 fully saturated rings. The molecule has 112 valence electrons. The molecule has 0 saturated carbocycles. The highest BCUT2D eigenvalue weighted by Gasteiger charge is 2.24. The highest BCUT2D eigenvalue weighted by Crippen LogP contribution is 2.25. The normalized spacial score (nSPS) is 12.6. The van der Waals surface area contributed by atoms with Gasteiger partial charge in [0.25, 0.3) is 0 Å². The number of aromatic nitrogens is 2. The van der Waals surface area contributed by atoms with Gasteiger partial charge in [0.05, 0.1) is 30.0 Å². The zero-order chi connectivity index (χ0) is 15.6. The van der Waals surface area contributed by atoms with E-state index in [4.69, 9.17) is 9.84 Å². The van der Waals surface area contributed by atoms with Crippen LogP contribution in [0.15, 0.2) is 24.5 Å². The number of aromatic carboxylic acids is 1. The first-order valence-electron chi connectivity index (χ1n) is 6.71. The fraction of sp³-hybridized carbons (Fsp3) is 0.400. The lowest BCUT2D eigenvalue weighted by molar-refractivity contribution is -0.145. The summed E-state index contributed by atoms with van der Waals surface area (Å²) in [5.74, 6) is -1.02. The Kier molecular flexibility index (Phi) is 4.26. The zero-order valence-corrected chi connectivity index (χ0v) is 12.2. The lowest BCUT2D eigenvalue weighted by Gasteiger charge is -2.19. The average molecular weight is 290 g/mol. The second kappa shape index (κ2) is 5.95. The Hall–Kier alpha value is -2.37. The van der Waals surface area contributed by atoms with E-state index in [-0.39, 0.29) is 11.5 Å². The molecule has 1 unspecified atom stereocenters.